The maximum absolute atomic E-state index is 13.0. The average Bonchev–Trinajstić information content (AvgIpc) is 3.10. The summed E-state index contributed by atoms with van der Waals surface area (Å²) < 4.78 is 2.15. The van der Waals surface area contributed by atoms with Crippen LogP contribution in [0.2, 0.25) is 0 Å². The van der Waals surface area contributed by atoms with Crippen LogP contribution in [0, 0.1) is 0 Å². The first kappa shape index (κ1) is 19.9. The first-order chi connectivity index (χ1) is 14.7. The molecule has 1 heterocycles. The van der Waals surface area contributed by atoms with Crippen LogP contribution < -0.4 is 5.32 Å². The van der Waals surface area contributed by atoms with Gasteiger partial charge in [-0.1, -0.05) is 67.6 Å². The summed E-state index contributed by atoms with van der Waals surface area (Å²) in [5.74, 6) is 0.936. The van der Waals surface area contributed by atoms with Gasteiger partial charge in [-0.15, -0.1) is 0 Å². The van der Waals surface area contributed by atoms with Crippen LogP contribution in [-0.4, -0.2) is 15.5 Å². The lowest BCUT2D eigenvalue weighted by molar-refractivity contribution is -0.117. The van der Waals surface area contributed by atoms with E-state index in [9.17, 15) is 4.79 Å². The molecule has 0 aliphatic rings. The van der Waals surface area contributed by atoms with Crippen LogP contribution in [0.1, 0.15) is 36.2 Å². The standard InChI is InChI=1S/C26H27N3O/c1-3-21(19-11-5-4-6-12-19)26(30)28-22-14-8-7-13-20(22)17-18-25-27-23-15-9-10-16-24(23)29(25)2/h4-16,21H,3,17-18H2,1-2H3,(H,28,30)/t21-/m0/s1. The molecular weight excluding hydrogens is 370 g/mol. The zero-order valence-electron chi connectivity index (χ0n) is 17.5. The maximum atomic E-state index is 13.0. The first-order valence-corrected chi connectivity index (χ1v) is 10.5. The summed E-state index contributed by atoms with van der Waals surface area (Å²) in [4.78, 5) is 17.8. The van der Waals surface area contributed by atoms with Crippen LogP contribution in [0.25, 0.3) is 11.0 Å². The van der Waals surface area contributed by atoms with Gasteiger partial charge >= 0.3 is 0 Å². The molecule has 0 saturated heterocycles. The maximum Gasteiger partial charge on any atom is 0.231 e. The Bertz CT molecular complexity index is 1150. The number of benzene rings is 3. The van der Waals surface area contributed by atoms with Crippen molar-refractivity contribution in [1.82, 2.24) is 9.55 Å². The van der Waals surface area contributed by atoms with Crippen LogP contribution in [0.5, 0.6) is 0 Å². The Morgan fingerprint density at radius 1 is 0.933 bits per heavy atom. The number of anilines is 1. The highest BCUT2D eigenvalue weighted by atomic mass is 16.1. The van der Waals surface area contributed by atoms with Gasteiger partial charge < -0.3 is 9.88 Å². The van der Waals surface area contributed by atoms with Crippen molar-refractivity contribution in [1.29, 1.82) is 0 Å². The smallest absolute Gasteiger partial charge is 0.231 e. The molecule has 30 heavy (non-hydrogen) atoms. The third kappa shape index (κ3) is 4.13. The third-order valence-electron chi connectivity index (χ3n) is 5.70. The van der Waals surface area contributed by atoms with Gasteiger partial charge in [0.25, 0.3) is 0 Å². The van der Waals surface area contributed by atoms with Crippen molar-refractivity contribution in [2.45, 2.75) is 32.1 Å². The van der Waals surface area contributed by atoms with Gasteiger partial charge in [0.15, 0.2) is 0 Å². The van der Waals surface area contributed by atoms with Gasteiger partial charge in [-0.2, -0.15) is 0 Å². The highest BCUT2D eigenvalue weighted by Gasteiger charge is 2.19. The molecule has 4 heteroatoms. The molecule has 0 fully saturated rings. The van der Waals surface area contributed by atoms with Gasteiger partial charge in [-0.25, -0.2) is 4.98 Å². The van der Waals surface area contributed by atoms with Gasteiger partial charge in [0.05, 0.1) is 17.0 Å². The molecule has 4 rings (SSSR count). The van der Waals surface area contributed by atoms with Crippen LogP contribution in [0.15, 0.2) is 78.9 Å². The number of hydrogen-bond donors (Lipinski definition) is 1. The topological polar surface area (TPSA) is 46.9 Å². The minimum absolute atomic E-state index is 0.0406. The van der Waals surface area contributed by atoms with E-state index in [2.05, 4.69) is 36.0 Å². The van der Waals surface area contributed by atoms with Crippen LogP contribution in [-0.2, 0) is 24.7 Å². The van der Waals surface area contributed by atoms with E-state index in [1.54, 1.807) is 0 Å². The number of aryl methyl sites for hydroxylation is 3. The summed E-state index contributed by atoms with van der Waals surface area (Å²) in [5.41, 5.74) is 5.22. The monoisotopic (exact) mass is 397 g/mol. The molecule has 0 spiro atoms. The second-order valence-electron chi connectivity index (χ2n) is 7.59. The fourth-order valence-electron chi connectivity index (χ4n) is 4.00. The number of carbonyl (C=O) groups is 1. The van der Waals surface area contributed by atoms with E-state index in [0.29, 0.717) is 0 Å². The first-order valence-electron chi connectivity index (χ1n) is 10.5. The molecule has 3 aromatic carbocycles. The predicted molar refractivity (Wildman–Crippen MR) is 123 cm³/mol. The molecule has 0 radical (unpaired) electrons. The number of carbonyl (C=O) groups excluding carboxylic acids is 1. The Hall–Kier alpha value is -3.40. The van der Waals surface area contributed by atoms with Crippen LogP contribution >= 0.6 is 0 Å². The zero-order chi connectivity index (χ0) is 20.9. The van der Waals surface area contributed by atoms with Crippen molar-refractivity contribution in [2.24, 2.45) is 7.05 Å². The van der Waals surface area contributed by atoms with Crippen molar-refractivity contribution in [3.05, 3.63) is 95.8 Å². The van der Waals surface area contributed by atoms with E-state index in [1.165, 1.54) is 0 Å². The number of hydrogen-bond acceptors (Lipinski definition) is 2. The lowest BCUT2D eigenvalue weighted by Crippen LogP contribution is -2.21. The molecule has 4 nitrogen and oxygen atoms in total. The van der Waals surface area contributed by atoms with E-state index >= 15 is 0 Å². The van der Waals surface area contributed by atoms with Crippen molar-refractivity contribution in [3.8, 4) is 0 Å². The van der Waals surface area contributed by atoms with Gasteiger partial charge in [0, 0.05) is 19.2 Å². The predicted octanol–water partition coefficient (Wildman–Crippen LogP) is 5.49. The van der Waals surface area contributed by atoms with Crippen molar-refractivity contribution >= 4 is 22.6 Å². The Kier molecular flexibility index (Phi) is 5.94. The molecular formula is C26H27N3O. The minimum atomic E-state index is -0.154. The Morgan fingerprint density at radius 2 is 1.63 bits per heavy atom. The van der Waals surface area contributed by atoms with E-state index in [0.717, 1.165) is 52.9 Å². The Balaban J connectivity index is 1.51. The molecule has 1 N–H and O–H groups in total. The van der Waals surface area contributed by atoms with Gasteiger partial charge in [-0.05, 0) is 42.2 Å². The number of para-hydroxylation sites is 3. The van der Waals surface area contributed by atoms with Crippen LogP contribution in [0.4, 0.5) is 5.69 Å². The second-order valence-corrected chi connectivity index (χ2v) is 7.59. The summed E-state index contributed by atoms with van der Waals surface area (Å²) >= 11 is 0. The summed E-state index contributed by atoms with van der Waals surface area (Å²) in [6, 6.07) is 26.2. The van der Waals surface area contributed by atoms with E-state index < -0.39 is 0 Å². The fraction of sp³-hybridized carbons (Fsp3) is 0.231. The Labute approximate surface area is 177 Å². The summed E-state index contributed by atoms with van der Waals surface area (Å²) in [5, 5.41) is 3.17. The fourth-order valence-corrected chi connectivity index (χ4v) is 4.00. The number of amides is 1. The molecule has 1 amide bonds. The number of aromatic nitrogens is 2. The molecule has 4 aromatic rings. The number of nitrogens with one attached hydrogen (secondary N) is 1. The molecule has 152 valence electrons. The van der Waals surface area contributed by atoms with Crippen LogP contribution in [0.3, 0.4) is 0 Å². The zero-order valence-corrected chi connectivity index (χ0v) is 17.5. The summed E-state index contributed by atoms with van der Waals surface area (Å²) in [6.07, 6.45) is 2.39. The van der Waals surface area contributed by atoms with Gasteiger partial charge in [0.1, 0.15) is 5.82 Å². The van der Waals surface area contributed by atoms with E-state index in [4.69, 9.17) is 4.98 Å². The molecule has 0 aliphatic carbocycles. The van der Waals surface area contributed by atoms with E-state index in [1.807, 2.05) is 66.7 Å². The van der Waals surface area contributed by atoms with Crippen molar-refractivity contribution in [2.75, 3.05) is 5.32 Å². The van der Waals surface area contributed by atoms with E-state index in [-0.39, 0.29) is 11.8 Å². The molecule has 0 unspecified atom stereocenters. The molecule has 1 atom stereocenters. The molecule has 0 aliphatic heterocycles. The normalized spacial score (nSPS) is 12.1. The van der Waals surface area contributed by atoms with Gasteiger partial charge in [-0.3, -0.25) is 4.79 Å². The lowest BCUT2D eigenvalue weighted by atomic mass is 9.95. The highest BCUT2D eigenvalue weighted by Crippen LogP contribution is 2.24. The van der Waals surface area contributed by atoms with Crippen molar-refractivity contribution < 1.29 is 4.79 Å². The highest BCUT2D eigenvalue weighted by molar-refractivity contribution is 5.96. The average molecular weight is 398 g/mol. The minimum Gasteiger partial charge on any atom is -0.331 e. The molecule has 0 saturated carbocycles. The molecule has 1 aromatic heterocycles. The number of nitrogens with zero attached hydrogens (tertiary/aromatic N) is 2. The lowest BCUT2D eigenvalue weighted by Gasteiger charge is -2.17. The Morgan fingerprint density at radius 3 is 2.40 bits per heavy atom. The SMILES string of the molecule is CC[C@H](C(=O)Nc1ccccc1CCc1nc2ccccc2n1C)c1ccccc1. The third-order valence-corrected chi connectivity index (χ3v) is 5.70. The van der Waals surface area contributed by atoms with Crippen molar-refractivity contribution in [3.63, 3.8) is 0 Å². The van der Waals surface area contributed by atoms with Gasteiger partial charge in [0.2, 0.25) is 5.91 Å². The summed E-state index contributed by atoms with van der Waals surface area (Å²) in [7, 11) is 2.06. The summed E-state index contributed by atoms with van der Waals surface area (Å²) in [6.45, 7) is 2.05. The largest absolute Gasteiger partial charge is 0.331 e. The quantitative estimate of drug-likeness (QED) is 0.448. The second kappa shape index (κ2) is 8.95. The molecule has 0 bridgehead atoms. The number of rotatable bonds is 7. The number of imidazole rings is 1. The number of fused-ring (bicyclic) bond motifs is 1.